The third-order valence-electron chi connectivity index (χ3n) is 5.22. The fraction of sp³-hybridized carbons (Fsp3) is 0.444. The Morgan fingerprint density at radius 2 is 2.12 bits per heavy atom. The molecule has 26 heavy (non-hydrogen) atoms. The highest BCUT2D eigenvalue weighted by Gasteiger charge is 2.35. The molecular weight excluding hydrogens is 334 g/mol. The first-order valence-electron chi connectivity index (χ1n) is 8.77. The summed E-state index contributed by atoms with van der Waals surface area (Å²) in [6, 6.07) is 5.43. The second kappa shape index (κ2) is 6.78. The van der Waals surface area contributed by atoms with Gasteiger partial charge < -0.3 is 15.0 Å². The van der Waals surface area contributed by atoms with Crippen LogP contribution >= 0.6 is 0 Å². The van der Waals surface area contributed by atoms with Crippen LogP contribution in [0.5, 0.6) is 5.75 Å². The number of aromatic nitrogens is 3. The molecule has 2 aromatic rings. The molecule has 0 spiro atoms. The predicted molar refractivity (Wildman–Crippen MR) is 93.9 cm³/mol. The van der Waals surface area contributed by atoms with Crippen molar-refractivity contribution in [3.05, 3.63) is 35.9 Å². The molecule has 2 amide bonds. The summed E-state index contributed by atoms with van der Waals surface area (Å²) >= 11 is 0. The second-order valence-corrected chi connectivity index (χ2v) is 6.73. The summed E-state index contributed by atoms with van der Waals surface area (Å²) in [4.78, 5) is 31.3. The number of anilines is 1. The summed E-state index contributed by atoms with van der Waals surface area (Å²) in [5.41, 5.74) is 1.52. The Hall–Kier alpha value is -2.90. The van der Waals surface area contributed by atoms with Gasteiger partial charge >= 0.3 is 0 Å². The van der Waals surface area contributed by atoms with E-state index in [0.717, 1.165) is 24.2 Å². The first-order valence-corrected chi connectivity index (χ1v) is 8.77. The number of fused-ring (bicyclic) bond motifs is 1. The van der Waals surface area contributed by atoms with E-state index in [1.54, 1.807) is 19.2 Å². The molecule has 2 aliphatic rings. The number of carbonyl (C=O) groups is 2. The number of hydrogen-bond donors (Lipinski definition) is 2. The molecule has 136 valence electrons. The molecular formula is C18H21N5O3. The van der Waals surface area contributed by atoms with Crippen LogP contribution in [0.25, 0.3) is 0 Å². The monoisotopic (exact) mass is 355 g/mol. The van der Waals surface area contributed by atoms with Crippen LogP contribution in [0.15, 0.2) is 24.5 Å². The van der Waals surface area contributed by atoms with E-state index >= 15 is 0 Å². The SMILES string of the molecule is COc1ccc2c(c1)C(C(=O)N1CCC(c3ncn[nH]3)CC1)CC(=O)N2. The molecule has 1 saturated heterocycles. The number of hydrogen-bond acceptors (Lipinski definition) is 5. The van der Waals surface area contributed by atoms with Crippen molar-refractivity contribution in [3.8, 4) is 5.75 Å². The number of likely N-dealkylation sites (tertiary alicyclic amines) is 1. The molecule has 1 atom stereocenters. The molecule has 3 heterocycles. The molecule has 0 bridgehead atoms. The number of nitrogens with zero attached hydrogens (tertiary/aromatic N) is 3. The van der Waals surface area contributed by atoms with Crippen molar-refractivity contribution < 1.29 is 14.3 Å². The number of aromatic amines is 1. The standard InChI is InChI=1S/C18H21N5O3/c1-26-12-2-3-15-13(8-12)14(9-16(24)21-15)18(25)23-6-4-11(5-7-23)17-19-10-20-22-17/h2-3,8,10-11,14H,4-7,9H2,1H3,(H,21,24)(H,19,20,22). The maximum absolute atomic E-state index is 13.1. The van der Waals surface area contributed by atoms with E-state index in [1.807, 2.05) is 11.0 Å². The van der Waals surface area contributed by atoms with Crippen molar-refractivity contribution in [1.29, 1.82) is 0 Å². The average Bonchev–Trinajstić information content (AvgIpc) is 3.21. The van der Waals surface area contributed by atoms with Gasteiger partial charge in [0, 0.05) is 31.1 Å². The minimum Gasteiger partial charge on any atom is -0.497 e. The molecule has 0 saturated carbocycles. The lowest BCUT2D eigenvalue weighted by Gasteiger charge is -2.35. The third kappa shape index (κ3) is 3.02. The number of ether oxygens (including phenoxy) is 1. The number of carbonyl (C=O) groups excluding carboxylic acids is 2. The topological polar surface area (TPSA) is 100 Å². The summed E-state index contributed by atoms with van der Waals surface area (Å²) < 4.78 is 5.28. The van der Waals surface area contributed by atoms with Crippen LogP contribution < -0.4 is 10.1 Å². The molecule has 1 fully saturated rings. The van der Waals surface area contributed by atoms with Crippen molar-refractivity contribution in [2.75, 3.05) is 25.5 Å². The fourth-order valence-electron chi connectivity index (χ4n) is 3.79. The molecule has 2 aliphatic heterocycles. The number of rotatable bonds is 3. The van der Waals surface area contributed by atoms with Crippen molar-refractivity contribution in [3.63, 3.8) is 0 Å². The van der Waals surface area contributed by atoms with Crippen LogP contribution in [0.4, 0.5) is 5.69 Å². The average molecular weight is 355 g/mol. The smallest absolute Gasteiger partial charge is 0.230 e. The lowest BCUT2D eigenvalue weighted by Crippen LogP contribution is -2.42. The number of piperidine rings is 1. The summed E-state index contributed by atoms with van der Waals surface area (Å²) in [5.74, 6) is 1.27. The highest BCUT2D eigenvalue weighted by Crippen LogP contribution is 2.37. The summed E-state index contributed by atoms with van der Waals surface area (Å²) in [6.07, 6.45) is 3.36. The Bertz CT molecular complexity index is 812. The number of benzene rings is 1. The number of H-pyrrole nitrogens is 1. The molecule has 1 aromatic heterocycles. The van der Waals surface area contributed by atoms with Gasteiger partial charge in [-0.2, -0.15) is 5.10 Å². The van der Waals surface area contributed by atoms with Crippen molar-refractivity contribution in [1.82, 2.24) is 20.1 Å². The zero-order valence-corrected chi connectivity index (χ0v) is 14.6. The van der Waals surface area contributed by atoms with Crippen molar-refractivity contribution >= 4 is 17.5 Å². The zero-order valence-electron chi connectivity index (χ0n) is 14.6. The zero-order chi connectivity index (χ0) is 18.1. The van der Waals surface area contributed by atoms with Crippen LogP contribution in [0.1, 0.15) is 42.5 Å². The maximum Gasteiger partial charge on any atom is 0.230 e. The summed E-state index contributed by atoms with van der Waals surface area (Å²) in [5, 5.41) is 9.66. The summed E-state index contributed by atoms with van der Waals surface area (Å²) in [6.45, 7) is 1.31. The lowest BCUT2D eigenvalue weighted by atomic mass is 9.87. The van der Waals surface area contributed by atoms with Crippen LogP contribution in [-0.2, 0) is 9.59 Å². The molecule has 0 radical (unpaired) electrons. The highest BCUT2D eigenvalue weighted by molar-refractivity contribution is 6.01. The van der Waals surface area contributed by atoms with Gasteiger partial charge in [0.15, 0.2) is 0 Å². The molecule has 0 aliphatic carbocycles. The van der Waals surface area contributed by atoms with E-state index in [2.05, 4.69) is 20.5 Å². The first-order chi connectivity index (χ1) is 12.7. The maximum atomic E-state index is 13.1. The van der Waals surface area contributed by atoms with Gasteiger partial charge in [-0.05, 0) is 36.6 Å². The molecule has 8 nitrogen and oxygen atoms in total. The Kier molecular flexibility index (Phi) is 4.32. The predicted octanol–water partition coefficient (Wildman–Crippen LogP) is 1.65. The molecule has 4 rings (SSSR count). The minimum absolute atomic E-state index is 0.00497. The van der Waals surface area contributed by atoms with Crippen LogP contribution in [0.3, 0.4) is 0 Å². The fourth-order valence-corrected chi connectivity index (χ4v) is 3.79. The van der Waals surface area contributed by atoms with E-state index in [4.69, 9.17) is 4.74 Å². The first kappa shape index (κ1) is 16.6. The second-order valence-electron chi connectivity index (χ2n) is 6.73. The van der Waals surface area contributed by atoms with Gasteiger partial charge in [-0.1, -0.05) is 0 Å². The van der Waals surface area contributed by atoms with Gasteiger partial charge in [0.1, 0.15) is 17.9 Å². The number of methoxy groups -OCH3 is 1. The highest BCUT2D eigenvalue weighted by atomic mass is 16.5. The van der Waals surface area contributed by atoms with Gasteiger partial charge in [0.2, 0.25) is 11.8 Å². The van der Waals surface area contributed by atoms with E-state index in [9.17, 15) is 9.59 Å². The number of nitrogens with one attached hydrogen (secondary N) is 2. The van der Waals surface area contributed by atoms with E-state index < -0.39 is 5.92 Å². The molecule has 2 N–H and O–H groups in total. The minimum atomic E-state index is -0.462. The number of amides is 2. The van der Waals surface area contributed by atoms with Crippen LogP contribution in [-0.4, -0.2) is 52.1 Å². The lowest BCUT2D eigenvalue weighted by molar-refractivity contribution is -0.136. The van der Waals surface area contributed by atoms with Gasteiger partial charge in [0.05, 0.1) is 13.0 Å². The molecule has 1 aromatic carbocycles. The van der Waals surface area contributed by atoms with Gasteiger partial charge in [-0.25, -0.2) is 4.98 Å². The van der Waals surface area contributed by atoms with Crippen LogP contribution in [0, 0.1) is 0 Å². The normalized spacial score (nSPS) is 20.4. The molecule has 1 unspecified atom stereocenters. The van der Waals surface area contributed by atoms with Crippen molar-refractivity contribution in [2.24, 2.45) is 0 Å². The Morgan fingerprint density at radius 1 is 1.31 bits per heavy atom. The van der Waals surface area contributed by atoms with Crippen LogP contribution in [0.2, 0.25) is 0 Å². The van der Waals surface area contributed by atoms with Gasteiger partial charge in [-0.3, -0.25) is 14.7 Å². The van der Waals surface area contributed by atoms with E-state index in [-0.39, 0.29) is 18.2 Å². The van der Waals surface area contributed by atoms with Gasteiger partial charge in [0.25, 0.3) is 0 Å². The quantitative estimate of drug-likeness (QED) is 0.872. The van der Waals surface area contributed by atoms with Gasteiger partial charge in [-0.15, -0.1) is 0 Å². The Balaban J connectivity index is 1.51. The largest absolute Gasteiger partial charge is 0.497 e. The summed E-state index contributed by atoms with van der Waals surface area (Å²) in [7, 11) is 1.59. The van der Waals surface area contributed by atoms with Crippen molar-refractivity contribution in [2.45, 2.75) is 31.1 Å². The van der Waals surface area contributed by atoms with E-state index in [1.165, 1.54) is 6.33 Å². The molecule has 8 heteroatoms. The third-order valence-corrected chi connectivity index (χ3v) is 5.22. The van der Waals surface area contributed by atoms with E-state index in [0.29, 0.717) is 30.4 Å². The Labute approximate surface area is 150 Å². The Morgan fingerprint density at radius 3 is 2.81 bits per heavy atom.